The van der Waals surface area contributed by atoms with Crippen molar-refractivity contribution < 1.29 is 17.9 Å². The number of benzene rings is 1. The fraction of sp³-hybridized carbons (Fsp3) is 0.278. The van der Waals surface area contributed by atoms with Gasteiger partial charge < -0.3 is 4.74 Å². The van der Waals surface area contributed by atoms with Crippen molar-refractivity contribution in [3.05, 3.63) is 54.0 Å². The summed E-state index contributed by atoms with van der Waals surface area (Å²) in [4.78, 5) is 15.7. The van der Waals surface area contributed by atoms with Crippen LogP contribution in [-0.2, 0) is 28.4 Å². The summed E-state index contributed by atoms with van der Waals surface area (Å²) in [6.07, 6.45) is 3.10. The zero-order valence-corrected chi connectivity index (χ0v) is 16.1. The Morgan fingerprint density at radius 2 is 2.00 bits per heavy atom. The summed E-state index contributed by atoms with van der Waals surface area (Å²) in [5.74, 6) is -0.537. The number of esters is 1. The minimum absolute atomic E-state index is 0.0450. The molecule has 0 bridgehead atoms. The topological polar surface area (TPSA) is 94.4 Å². The maximum absolute atomic E-state index is 12.7. The number of ether oxygens (including phenoxy) is 1. The van der Waals surface area contributed by atoms with E-state index in [1.807, 2.05) is 6.07 Å². The second-order valence-corrected chi connectivity index (χ2v) is 8.13. The number of carbonyl (C=O) groups is 1. The number of anilines is 1. The number of nitrogens with zero attached hydrogens (tertiary/aromatic N) is 4. The molecule has 0 aliphatic rings. The number of aromatic nitrogens is 3. The van der Waals surface area contributed by atoms with Gasteiger partial charge in [-0.2, -0.15) is 5.10 Å². The van der Waals surface area contributed by atoms with Crippen molar-refractivity contribution in [2.45, 2.75) is 13.5 Å². The van der Waals surface area contributed by atoms with E-state index in [1.165, 1.54) is 17.6 Å². The predicted molar refractivity (Wildman–Crippen MR) is 102 cm³/mol. The van der Waals surface area contributed by atoms with Gasteiger partial charge in [0.1, 0.15) is 0 Å². The van der Waals surface area contributed by atoms with Crippen LogP contribution in [0.15, 0.2) is 42.7 Å². The van der Waals surface area contributed by atoms with Crippen molar-refractivity contribution in [3.63, 3.8) is 0 Å². The van der Waals surface area contributed by atoms with Crippen molar-refractivity contribution in [2.75, 3.05) is 17.2 Å². The second-order valence-electron chi connectivity index (χ2n) is 5.95. The number of carbonyl (C=O) groups excluding carboxylic acids is 1. The molecule has 0 saturated carbocycles. The van der Waals surface area contributed by atoms with E-state index < -0.39 is 16.0 Å². The molecule has 1 aromatic carbocycles. The molecule has 2 heterocycles. The van der Waals surface area contributed by atoms with Gasteiger partial charge in [-0.25, -0.2) is 13.2 Å². The van der Waals surface area contributed by atoms with E-state index in [1.54, 1.807) is 49.1 Å². The number of pyridine rings is 1. The van der Waals surface area contributed by atoms with Gasteiger partial charge in [-0.15, -0.1) is 0 Å². The molecule has 0 amide bonds. The quantitative estimate of drug-likeness (QED) is 0.600. The van der Waals surface area contributed by atoms with E-state index in [0.717, 1.165) is 10.9 Å². The van der Waals surface area contributed by atoms with Gasteiger partial charge in [0.2, 0.25) is 10.0 Å². The van der Waals surface area contributed by atoms with E-state index >= 15 is 0 Å². The molecule has 142 valence electrons. The van der Waals surface area contributed by atoms with Crippen LogP contribution in [0.2, 0.25) is 0 Å². The summed E-state index contributed by atoms with van der Waals surface area (Å²) in [5.41, 5.74) is 2.19. The lowest BCUT2D eigenvalue weighted by Crippen LogP contribution is -2.32. The van der Waals surface area contributed by atoms with Crippen molar-refractivity contribution in [2.24, 2.45) is 7.05 Å². The molecule has 0 radical (unpaired) electrons. The van der Waals surface area contributed by atoms with Crippen molar-refractivity contribution in [1.29, 1.82) is 0 Å². The summed E-state index contributed by atoms with van der Waals surface area (Å²) in [7, 11) is -0.440. The molecule has 0 fully saturated rings. The zero-order valence-electron chi connectivity index (χ0n) is 15.3. The molecular formula is C18H20N4O4S. The third-order valence-electron chi connectivity index (χ3n) is 4.27. The number of aryl methyl sites for hydroxylation is 1. The van der Waals surface area contributed by atoms with Crippen LogP contribution in [-0.4, -0.2) is 42.0 Å². The number of rotatable bonds is 6. The van der Waals surface area contributed by atoms with Gasteiger partial charge in [0.25, 0.3) is 0 Å². The van der Waals surface area contributed by atoms with Crippen LogP contribution in [0.5, 0.6) is 0 Å². The Balaban J connectivity index is 1.98. The van der Waals surface area contributed by atoms with Gasteiger partial charge >= 0.3 is 5.97 Å². The zero-order chi connectivity index (χ0) is 19.6. The Labute approximate surface area is 157 Å². The van der Waals surface area contributed by atoms with Gasteiger partial charge in [-0.05, 0) is 37.3 Å². The van der Waals surface area contributed by atoms with E-state index in [-0.39, 0.29) is 12.3 Å². The van der Waals surface area contributed by atoms with E-state index in [4.69, 9.17) is 0 Å². The normalized spacial score (nSPS) is 11.5. The Hall–Kier alpha value is -2.94. The summed E-state index contributed by atoms with van der Waals surface area (Å²) in [5, 5.41) is 5.12. The second kappa shape index (κ2) is 7.36. The lowest BCUT2D eigenvalue weighted by atomic mass is 10.2. The van der Waals surface area contributed by atoms with Crippen LogP contribution in [0.25, 0.3) is 10.9 Å². The standard InChI is InChI=1S/C18H20N4O4S/c1-4-27(24,25)22(12-15-7-5-14(10-19-15)18(23)26-3)16-8-6-13-11-20-21(2)17(13)9-16/h5-11H,4,12H2,1-3H3. The molecule has 27 heavy (non-hydrogen) atoms. The highest BCUT2D eigenvalue weighted by Crippen LogP contribution is 2.25. The van der Waals surface area contributed by atoms with Crippen LogP contribution in [0.3, 0.4) is 0 Å². The summed E-state index contributed by atoms with van der Waals surface area (Å²) in [6.45, 7) is 1.65. The van der Waals surface area contributed by atoms with Gasteiger partial charge in [-0.3, -0.25) is 14.0 Å². The third kappa shape index (κ3) is 3.77. The third-order valence-corrected chi connectivity index (χ3v) is 6.01. The van der Waals surface area contributed by atoms with Gasteiger partial charge in [0.05, 0.1) is 48.1 Å². The highest BCUT2D eigenvalue weighted by Gasteiger charge is 2.22. The lowest BCUT2D eigenvalue weighted by molar-refractivity contribution is 0.0600. The van der Waals surface area contributed by atoms with Gasteiger partial charge in [0, 0.05) is 18.6 Å². The maximum atomic E-state index is 12.7. The number of hydrogen-bond acceptors (Lipinski definition) is 6. The summed E-state index contributed by atoms with van der Waals surface area (Å²) < 4.78 is 33.0. The maximum Gasteiger partial charge on any atom is 0.339 e. The fourth-order valence-corrected chi connectivity index (χ4v) is 3.77. The molecule has 0 saturated heterocycles. The average molecular weight is 388 g/mol. The molecule has 0 unspecified atom stereocenters. The first-order valence-electron chi connectivity index (χ1n) is 8.31. The Morgan fingerprint density at radius 3 is 2.63 bits per heavy atom. The minimum Gasteiger partial charge on any atom is -0.465 e. The molecule has 0 spiro atoms. The molecular weight excluding hydrogens is 368 g/mol. The lowest BCUT2D eigenvalue weighted by Gasteiger charge is -2.23. The van der Waals surface area contributed by atoms with E-state index in [2.05, 4.69) is 14.8 Å². The molecule has 9 heteroatoms. The van der Waals surface area contributed by atoms with Crippen molar-refractivity contribution in [1.82, 2.24) is 14.8 Å². The molecule has 0 aliphatic carbocycles. The monoisotopic (exact) mass is 388 g/mol. The minimum atomic E-state index is -3.54. The first-order valence-corrected chi connectivity index (χ1v) is 9.92. The summed E-state index contributed by atoms with van der Waals surface area (Å²) in [6, 6.07) is 8.56. The van der Waals surface area contributed by atoms with Crippen LogP contribution >= 0.6 is 0 Å². The number of sulfonamides is 1. The Kier molecular flexibility index (Phi) is 5.13. The SMILES string of the molecule is CCS(=O)(=O)N(Cc1ccc(C(=O)OC)cn1)c1ccc2cnn(C)c2c1. The molecule has 8 nitrogen and oxygen atoms in total. The molecule has 2 aromatic heterocycles. The molecule has 0 aliphatic heterocycles. The Morgan fingerprint density at radius 1 is 1.22 bits per heavy atom. The largest absolute Gasteiger partial charge is 0.465 e. The van der Waals surface area contributed by atoms with Crippen LogP contribution in [0, 0.1) is 0 Å². The van der Waals surface area contributed by atoms with Gasteiger partial charge in [-0.1, -0.05) is 0 Å². The number of hydrogen-bond donors (Lipinski definition) is 0. The average Bonchev–Trinajstić information content (AvgIpc) is 3.06. The van der Waals surface area contributed by atoms with Crippen molar-refractivity contribution >= 4 is 32.6 Å². The molecule has 0 atom stereocenters. The number of fused-ring (bicyclic) bond motifs is 1. The first kappa shape index (κ1) is 18.8. The fourth-order valence-electron chi connectivity index (χ4n) is 2.70. The van der Waals surface area contributed by atoms with Gasteiger partial charge in [0.15, 0.2) is 0 Å². The van der Waals surface area contributed by atoms with E-state index in [0.29, 0.717) is 16.9 Å². The molecule has 0 N–H and O–H groups in total. The van der Waals surface area contributed by atoms with Crippen LogP contribution < -0.4 is 4.31 Å². The van der Waals surface area contributed by atoms with Crippen LogP contribution in [0.4, 0.5) is 5.69 Å². The van der Waals surface area contributed by atoms with E-state index in [9.17, 15) is 13.2 Å². The molecule has 3 aromatic rings. The Bertz CT molecular complexity index is 1070. The first-order chi connectivity index (χ1) is 12.9. The molecule has 3 rings (SSSR count). The summed E-state index contributed by atoms with van der Waals surface area (Å²) >= 11 is 0. The smallest absolute Gasteiger partial charge is 0.339 e. The van der Waals surface area contributed by atoms with Crippen molar-refractivity contribution in [3.8, 4) is 0 Å². The predicted octanol–water partition coefficient (Wildman–Crippen LogP) is 2.11. The van der Waals surface area contributed by atoms with Crippen LogP contribution in [0.1, 0.15) is 23.0 Å². The highest BCUT2D eigenvalue weighted by molar-refractivity contribution is 7.92. The highest BCUT2D eigenvalue weighted by atomic mass is 32.2. The number of methoxy groups -OCH3 is 1.